The molecule has 2 aromatic carbocycles. The number of carbonyl (C=O) groups excluding carboxylic acids is 1. The molecule has 0 saturated heterocycles. The zero-order valence-electron chi connectivity index (χ0n) is 13.5. The first-order valence-corrected chi connectivity index (χ1v) is 7.58. The van der Waals surface area contributed by atoms with Crippen molar-refractivity contribution in [2.75, 3.05) is 11.9 Å². The number of aryl methyl sites for hydroxylation is 1. The summed E-state index contributed by atoms with van der Waals surface area (Å²) in [6, 6.07) is 15.1. The zero-order valence-corrected chi connectivity index (χ0v) is 13.5. The highest BCUT2D eigenvalue weighted by Gasteiger charge is 2.11. The number of nitrogens with one attached hydrogen (secondary N) is 2. The highest BCUT2D eigenvalue weighted by Crippen LogP contribution is 2.23. The molecular formula is C19H22N2O2. The minimum absolute atomic E-state index is 0.0649. The summed E-state index contributed by atoms with van der Waals surface area (Å²) in [5, 5.41) is 5.90. The van der Waals surface area contributed by atoms with Crippen molar-refractivity contribution >= 4 is 11.6 Å². The van der Waals surface area contributed by atoms with Crippen LogP contribution in [-0.4, -0.2) is 18.5 Å². The summed E-state index contributed by atoms with van der Waals surface area (Å²) in [4.78, 5) is 11.8. The molecule has 0 heterocycles. The Bertz CT molecular complexity index is 648. The van der Waals surface area contributed by atoms with Crippen LogP contribution in [0.1, 0.15) is 12.5 Å². The fourth-order valence-corrected chi connectivity index (χ4v) is 2.00. The van der Waals surface area contributed by atoms with Crippen LogP contribution in [0.5, 0.6) is 11.5 Å². The first-order chi connectivity index (χ1) is 11.1. The Kier molecular flexibility index (Phi) is 5.80. The standard InChI is InChI=1S/C19H22N2O2/c1-4-13-20-19(22)15(3)21-16-7-11-18(12-8-16)23-17-9-5-14(2)6-10-17/h4-12,15,21H,1,13H2,2-3H3,(H,20,22). The van der Waals surface area contributed by atoms with Crippen LogP contribution in [0.2, 0.25) is 0 Å². The normalized spacial score (nSPS) is 11.4. The first kappa shape index (κ1) is 16.6. The third-order valence-electron chi connectivity index (χ3n) is 3.31. The molecule has 0 aliphatic heterocycles. The molecule has 0 aromatic heterocycles. The number of hydrogen-bond acceptors (Lipinski definition) is 3. The van der Waals surface area contributed by atoms with Gasteiger partial charge in [0, 0.05) is 12.2 Å². The van der Waals surface area contributed by atoms with E-state index in [0.29, 0.717) is 6.54 Å². The van der Waals surface area contributed by atoms with Gasteiger partial charge >= 0.3 is 0 Å². The van der Waals surface area contributed by atoms with Crippen molar-refractivity contribution < 1.29 is 9.53 Å². The molecule has 0 fully saturated rings. The fraction of sp³-hybridized carbons (Fsp3) is 0.211. The number of benzene rings is 2. The van der Waals surface area contributed by atoms with Crippen LogP contribution in [0.3, 0.4) is 0 Å². The minimum Gasteiger partial charge on any atom is -0.457 e. The number of amides is 1. The van der Waals surface area contributed by atoms with E-state index >= 15 is 0 Å². The first-order valence-electron chi connectivity index (χ1n) is 7.58. The van der Waals surface area contributed by atoms with Crippen molar-refractivity contribution in [2.45, 2.75) is 19.9 Å². The van der Waals surface area contributed by atoms with Gasteiger partial charge in [0.1, 0.15) is 17.5 Å². The molecule has 0 spiro atoms. The van der Waals surface area contributed by atoms with E-state index in [-0.39, 0.29) is 11.9 Å². The average Bonchev–Trinajstić information content (AvgIpc) is 2.56. The second-order valence-electron chi connectivity index (χ2n) is 5.34. The van der Waals surface area contributed by atoms with E-state index in [2.05, 4.69) is 17.2 Å². The summed E-state index contributed by atoms with van der Waals surface area (Å²) < 4.78 is 5.78. The van der Waals surface area contributed by atoms with Gasteiger partial charge in [-0.15, -0.1) is 6.58 Å². The van der Waals surface area contributed by atoms with Crippen molar-refractivity contribution in [2.24, 2.45) is 0 Å². The molecule has 0 radical (unpaired) electrons. The van der Waals surface area contributed by atoms with Crippen LogP contribution >= 0.6 is 0 Å². The molecule has 2 aromatic rings. The Hall–Kier alpha value is -2.75. The summed E-state index contributed by atoms with van der Waals surface area (Å²) in [6.07, 6.45) is 1.65. The Morgan fingerprint density at radius 1 is 1.13 bits per heavy atom. The molecule has 2 N–H and O–H groups in total. The molecule has 0 aliphatic carbocycles. The maximum Gasteiger partial charge on any atom is 0.242 e. The maximum atomic E-state index is 11.8. The molecule has 4 heteroatoms. The van der Waals surface area contributed by atoms with Gasteiger partial charge in [-0.2, -0.15) is 0 Å². The largest absolute Gasteiger partial charge is 0.457 e. The monoisotopic (exact) mass is 310 g/mol. The molecule has 23 heavy (non-hydrogen) atoms. The third-order valence-corrected chi connectivity index (χ3v) is 3.31. The highest BCUT2D eigenvalue weighted by molar-refractivity contribution is 5.84. The van der Waals surface area contributed by atoms with Crippen molar-refractivity contribution in [1.82, 2.24) is 5.32 Å². The van der Waals surface area contributed by atoms with Gasteiger partial charge in [0.05, 0.1) is 0 Å². The van der Waals surface area contributed by atoms with Gasteiger partial charge in [-0.25, -0.2) is 0 Å². The summed E-state index contributed by atoms with van der Waals surface area (Å²) in [5.74, 6) is 1.49. The van der Waals surface area contributed by atoms with Crippen molar-refractivity contribution in [3.63, 3.8) is 0 Å². The lowest BCUT2D eigenvalue weighted by Gasteiger charge is -2.15. The quantitative estimate of drug-likeness (QED) is 0.763. The SMILES string of the molecule is C=CCNC(=O)C(C)Nc1ccc(Oc2ccc(C)cc2)cc1. The van der Waals surface area contributed by atoms with E-state index in [1.54, 1.807) is 6.08 Å². The summed E-state index contributed by atoms with van der Waals surface area (Å²) in [7, 11) is 0. The van der Waals surface area contributed by atoms with E-state index in [0.717, 1.165) is 17.2 Å². The van der Waals surface area contributed by atoms with E-state index in [4.69, 9.17) is 4.74 Å². The molecule has 0 saturated carbocycles. The molecule has 120 valence electrons. The molecule has 2 rings (SSSR count). The second kappa shape index (κ2) is 8.03. The fourth-order valence-electron chi connectivity index (χ4n) is 2.00. The summed E-state index contributed by atoms with van der Waals surface area (Å²) in [6.45, 7) is 7.90. The van der Waals surface area contributed by atoms with Gasteiger partial charge < -0.3 is 15.4 Å². The van der Waals surface area contributed by atoms with Crippen LogP contribution in [-0.2, 0) is 4.79 Å². The van der Waals surface area contributed by atoms with Crippen LogP contribution in [0, 0.1) is 6.92 Å². The Balaban J connectivity index is 1.92. The summed E-state index contributed by atoms with van der Waals surface area (Å²) in [5.41, 5.74) is 2.06. The van der Waals surface area contributed by atoms with Crippen molar-refractivity contribution in [1.29, 1.82) is 0 Å². The number of anilines is 1. The Morgan fingerprint density at radius 2 is 1.70 bits per heavy atom. The topological polar surface area (TPSA) is 50.4 Å². The average molecular weight is 310 g/mol. The molecule has 1 atom stereocenters. The molecule has 4 nitrogen and oxygen atoms in total. The van der Waals surface area contributed by atoms with Crippen molar-refractivity contribution in [3.05, 3.63) is 66.7 Å². The predicted octanol–water partition coefficient (Wildman–Crippen LogP) is 3.89. The summed E-state index contributed by atoms with van der Waals surface area (Å²) >= 11 is 0. The lowest BCUT2D eigenvalue weighted by molar-refractivity contribution is -0.121. The number of carbonyl (C=O) groups is 1. The van der Waals surface area contributed by atoms with E-state index in [1.165, 1.54) is 5.56 Å². The minimum atomic E-state index is -0.321. The highest BCUT2D eigenvalue weighted by atomic mass is 16.5. The van der Waals surface area contributed by atoms with Gasteiger partial charge in [0.15, 0.2) is 0 Å². The Morgan fingerprint density at radius 3 is 2.26 bits per heavy atom. The molecule has 0 aliphatic rings. The zero-order chi connectivity index (χ0) is 16.7. The number of ether oxygens (including phenoxy) is 1. The van der Waals surface area contributed by atoms with Crippen LogP contribution in [0.4, 0.5) is 5.69 Å². The van der Waals surface area contributed by atoms with Gasteiger partial charge in [-0.1, -0.05) is 23.8 Å². The van der Waals surface area contributed by atoms with Crippen LogP contribution < -0.4 is 15.4 Å². The van der Waals surface area contributed by atoms with Gasteiger partial charge in [-0.3, -0.25) is 4.79 Å². The lowest BCUT2D eigenvalue weighted by atomic mass is 10.2. The third kappa shape index (κ3) is 5.18. The lowest BCUT2D eigenvalue weighted by Crippen LogP contribution is -2.37. The van der Waals surface area contributed by atoms with Gasteiger partial charge in [0.25, 0.3) is 0 Å². The maximum absolute atomic E-state index is 11.8. The van der Waals surface area contributed by atoms with Gasteiger partial charge in [-0.05, 0) is 50.2 Å². The predicted molar refractivity (Wildman–Crippen MR) is 94.0 cm³/mol. The second-order valence-corrected chi connectivity index (χ2v) is 5.34. The molecule has 0 bridgehead atoms. The van der Waals surface area contributed by atoms with Crippen molar-refractivity contribution in [3.8, 4) is 11.5 Å². The Labute approximate surface area is 137 Å². The van der Waals surface area contributed by atoms with Crippen LogP contribution in [0.15, 0.2) is 61.2 Å². The van der Waals surface area contributed by atoms with E-state index < -0.39 is 0 Å². The van der Waals surface area contributed by atoms with Crippen LogP contribution in [0.25, 0.3) is 0 Å². The smallest absolute Gasteiger partial charge is 0.242 e. The van der Waals surface area contributed by atoms with Gasteiger partial charge in [0.2, 0.25) is 5.91 Å². The molecule has 1 unspecified atom stereocenters. The number of rotatable bonds is 7. The van der Waals surface area contributed by atoms with E-state index in [9.17, 15) is 4.79 Å². The molecule has 1 amide bonds. The number of hydrogen-bond donors (Lipinski definition) is 2. The molecular weight excluding hydrogens is 288 g/mol. The van der Waals surface area contributed by atoms with E-state index in [1.807, 2.05) is 62.4 Å².